The number of aliphatic hydroxyl groups is 1. The Morgan fingerprint density at radius 1 is 1.27 bits per heavy atom. The number of nitrogens with zero attached hydrogens (tertiary/aromatic N) is 4. The number of hydrogen-bond acceptors (Lipinski definition) is 8. The molecule has 0 spiro atoms. The van der Waals surface area contributed by atoms with Crippen LogP contribution >= 0.6 is 11.3 Å². The third-order valence-electron chi connectivity index (χ3n) is 7.01. The number of thiophene rings is 1. The molecule has 1 saturated heterocycles. The first-order valence-electron chi connectivity index (χ1n) is 12.7. The molecular weight excluding hydrogens is 486 g/mol. The van der Waals surface area contributed by atoms with Gasteiger partial charge in [0.2, 0.25) is 0 Å². The molecule has 37 heavy (non-hydrogen) atoms. The topological polar surface area (TPSA) is 135 Å². The van der Waals surface area contributed by atoms with Gasteiger partial charge in [0.15, 0.2) is 0 Å². The standard InChI is InChI=1S/C27H33N7O2S/c1-2-3-18-14-22(32-27-23(18)24(28)25(37-27)26(29)36)33-11-8-19(9-12-33)31-15-21(35)17-4-6-20(7-5-17)34-13-10-30-16-34/h4-7,10,13-14,16,19,21,31,35H,2-3,8-9,11-12,15,28H2,1H3,(H2,29,36). The minimum absolute atomic E-state index is 0.328. The number of imidazole rings is 1. The van der Waals surface area contributed by atoms with Crippen molar-refractivity contribution in [2.45, 2.75) is 44.8 Å². The molecule has 4 aromatic rings. The molecule has 5 rings (SSSR count). The summed E-state index contributed by atoms with van der Waals surface area (Å²) in [5.41, 5.74) is 15.3. The Morgan fingerprint density at radius 3 is 2.68 bits per heavy atom. The number of nitrogens with two attached hydrogens (primary N) is 2. The number of piperidine rings is 1. The number of carbonyl (C=O) groups is 1. The Labute approximate surface area is 220 Å². The summed E-state index contributed by atoms with van der Waals surface area (Å²) < 4.78 is 1.93. The van der Waals surface area contributed by atoms with Crippen molar-refractivity contribution in [1.82, 2.24) is 19.9 Å². The lowest BCUT2D eigenvalue weighted by Gasteiger charge is -2.34. The van der Waals surface area contributed by atoms with E-state index in [-0.39, 0.29) is 0 Å². The highest BCUT2D eigenvalue weighted by molar-refractivity contribution is 7.21. The maximum atomic E-state index is 11.8. The number of rotatable bonds is 9. The molecule has 1 atom stereocenters. The van der Waals surface area contributed by atoms with Gasteiger partial charge in [-0.05, 0) is 48.6 Å². The van der Waals surface area contributed by atoms with Crippen LogP contribution < -0.4 is 21.7 Å². The van der Waals surface area contributed by atoms with E-state index in [2.05, 4.69) is 28.2 Å². The number of amides is 1. The van der Waals surface area contributed by atoms with Crippen LogP contribution in [0.4, 0.5) is 11.5 Å². The molecule has 10 heteroatoms. The molecule has 1 aliphatic heterocycles. The molecule has 1 aromatic carbocycles. The zero-order chi connectivity index (χ0) is 25.9. The highest BCUT2D eigenvalue weighted by Crippen LogP contribution is 2.37. The van der Waals surface area contributed by atoms with Gasteiger partial charge in [-0.25, -0.2) is 9.97 Å². The first kappa shape index (κ1) is 25.2. The van der Waals surface area contributed by atoms with Crippen molar-refractivity contribution < 1.29 is 9.90 Å². The average molecular weight is 520 g/mol. The number of pyridine rings is 1. The second kappa shape index (κ2) is 10.9. The maximum absolute atomic E-state index is 11.8. The lowest BCUT2D eigenvalue weighted by atomic mass is 10.0. The molecule has 0 bridgehead atoms. The summed E-state index contributed by atoms with van der Waals surface area (Å²) in [4.78, 5) is 24.2. The van der Waals surface area contributed by atoms with E-state index in [4.69, 9.17) is 16.5 Å². The van der Waals surface area contributed by atoms with E-state index in [1.807, 2.05) is 35.0 Å². The molecule has 1 aliphatic rings. The largest absolute Gasteiger partial charge is 0.397 e. The Kier molecular flexibility index (Phi) is 7.40. The molecule has 194 valence electrons. The monoisotopic (exact) mass is 519 g/mol. The van der Waals surface area contributed by atoms with Crippen molar-refractivity contribution in [2.24, 2.45) is 5.73 Å². The third-order valence-corrected chi connectivity index (χ3v) is 8.12. The summed E-state index contributed by atoms with van der Waals surface area (Å²) in [6.45, 7) is 4.36. The van der Waals surface area contributed by atoms with Crippen LogP contribution in [0.1, 0.15) is 53.1 Å². The Balaban J connectivity index is 1.20. The molecule has 1 amide bonds. The molecule has 4 heterocycles. The van der Waals surface area contributed by atoms with Gasteiger partial charge < -0.3 is 31.4 Å². The number of nitrogens with one attached hydrogen (secondary N) is 1. The number of carbonyl (C=O) groups excluding carboxylic acids is 1. The van der Waals surface area contributed by atoms with E-state index >= 15 is 0 Å². The van der Waals surface area contributed by atoms with Crippen LogP contribution in [0, 0.1) is 0 Å². The van der Waals surface area contributed by atoms with Gasteiger partial charge in [0.1, 0.15) is 15.5 Å². The summed E-state index contributed by atoms with van der Waals surface area (Å²) in [6, 6.07) is 10.3. The molecule has 9 nitrogen and oxygen atoms in total. The van der Waals surface area contributed by atoms with Crippen LogP contribution in [0.3, 0.4) is 0 Å². The predicted molar refractivity (Wildman–Crippen MR) is 148 cm³/mol. The van der Waals surface area contributed by atoms with Gasteiger partial charge in [-0.3, -0.25) is 4.79 Å². The molecule has 0 saturated carbocycles. The first-order chi connectivity index (χ1) is 17.9. The Bertz CT molecular complexity index is 1360. The number of primary amides is 1. The van der Waals surface area contributed by atoms with Crippen LogP contribution in [-0.2, 0) is 6.42 Å². The summed E-state index contributed by atoms with van der Waals surface area (Å²) in [6.07, 6.45) is 8.57. The smallest absolute Gasteiger partial charge is 0.260 e. The van der Waals surface area contributed by atoms with Gasteiger partial charge in [-0.2, -0.15) is 0 Å². The molecule has 1 unspecified atom stereocenters. The van der Waals surface area contributed by atoms with Crippen molar-refractivity contribution in [1.29, 1.82) is 0 Å². The van der Waals surface area contributed by atoms with E-state index in [9.17, 15) is 9.90 Å². The number of aliphatic hydroxyl groups excluding tert-OH is 1. The molecule has 3 aromatic heterocycles. The molecular formula is C27H33N7O2S. The number of nitrogen functional groups attached to an aromatic ring is 1. The molecule has 0 radical (unpaired) electrons. The minimum Gasteiger partial charge on any atom is -0.397 e. The van der Waals surface area contributed by atoms with E-state index in [0.29, 0.717) is 23.2 Å². The number of fused-ring (bicyclic) bond motifs is 1. The number of aromatic nitrogens is 3. The maximum Gasteiger partial charge on any atom is 0.260 e. The van der Waals surface area contributed by atoms with Gasteiger partial charge in [0.25, 0.3) is 5.91 Å². The third kappa shape index (κ3) is 5.31. The van der Waals surface area contributed by atoms with E-state index in [1.165, 1.54) is 11.3 Å². The first-order valence-corrected chi connectivity index (χ1v) is 13.5. The van der Waals surface area contributed by atoms with Gasteiger partial charge >= 0.3 is 0 Å². The number of anilines is 2. The summed E-state index contributed by atoms with van der Waals surface area (Å²) in [7, 11) is 0. The van der Waals surface area contributed by atoms with Crippen LogP contribution in [0.2, 0.25) is 0 Å². The Morgan fingerprint density at radius 2 is 2.03 bits per heavy atom. The van der Waals surface area contributed by atoms with Crippen LogP contribution in [-0.4, -0.2) is 51.2 Å². The second-order valence-corrected chi connectivity index (χ2v) is 10.5. The van der Waals surface area contributed by atoms with Crippen molar-refractivity contribution in [3.63, 3.8) is 0 Å². The van der Waals surface area contributed by atoms with Crippen molar-refractivity contribution in [3.8, 4) is 5.69 Å². The highest BCUT2D eigenvalue weighted by atomic mass is 32.1. The van der Waals surface area contributed by atoms with Crippen LogP contribution in [0.5, 0.6) is 0 Å². The quantitative estimate of drug-likeness (QED) is 0.266. The number of benzene rings is 1. The van der Waals surface area contributed by atoms with E-state index < -0.39 is 12.0 Å². The minimum atomic E-state index is -0.570. The number of hydrogen-bond donors (Lipinski definition) is 4. The summed E-state index contributed by atoms with van der Waals surface area (Å²) in [5.74, 6) is 0.414. The van der Waals surface area contributed by atoms with Crippen molar-refractivity contribution in [2.75, 3.05) is 30.3 Å². The fourth-order valence-corrected chi connectivity index (χ4v) is 5.97. The Hall–Kier alpha value is -3.47. The predicted octanol–water partition coefficient (Wildman–Crippen LogP) is 3.41. The van der Waals surface area contributed by atoms with E-state index in [1.54, 1.807) is 12.5 Å². The highest BCUT2D eigenvalue weighted by Gasteiger charge is 2.24. The summed E-state index contributed by atoms with van der Waals surface area (Å²) >= 11 is 1.28. The van der Waals surface area contributed by atoms with Gasteiger partial charge in [0, 0.05) is 49.1 Å². The summed E-state index contributed by atoms with van der Waals surface area (Å²) in [5, 5.41) is 15.1. The number of aryl methyl sites for hydroxylation is 1. The van der Waals surface area contributed by atoms with Crippen LogP contribution in [0.25, 0.3) is 15.9 Å². The van der Waals surface area contributed by atoms with E-state index in [0.717, 1.165) is 71.6 Å². The van der Waals surface area contributed by atoms with Gasteiger partial charge in [0.05, 0.1) is 18.1 Å². The molecule has 6 N–H and O–H groups in total. The lowest BCUT2D eigenvalue weighted by molar-refractivity contribution is 0.100. The lowest BCUT2D eigenvalue weighted by Crippen LogP contribution is -2.44. The fraction of sp³-hybridized carbons (Fsp3) is 0.370. The normalized spacial score (nSPS) is 15.4. The van der Waals surface area contributed by atoms with Crippen molar-refractivity contribution in [3.05, 3.63) is 65.1 Å². The van der Waals surface area contributed by atoms with Gasteiger partial charge in [-0.1, -0.05) is 25.5 Å². The van der Waals surface area contributed by atoms with Gasteiger partial charge in [-0.15, -0.1) is 11.3 Å². The SMILES string of the molecule is CCCc1cc(N2CCC(NCC(O)c3ccc(-n4ccnc4)cc3)CC2)nc2sc(C(N)=O)c(N)c12. The average Bonchev–Trinajstić information content (AvgIpc) is 3.56. The fourth-order valence-electron chi connectivity index (χ4n) is 4.99. The van der Waals surface area contributed by atoms with Crippen molar-refractivity contribution >= 4 is 39.0 Å². The molecule has 1 fully saturated rings. The second-order valence-electron chi connectivity index (χ2n) is 9.53. The molecule has 0 aliphatic carbocycles. The van der Waals surface area contributed by atoms with Crippen LogP contribution in [0.15, 0.2) is 49.1 Å². The zero-order valence-corrected chi connectivity index (χ0v) is 21.7. The zero-order valence-electron chi connectivity index (χ0n) is 20.9.